The Morgan fingerprint density at radius 2 is 2.32 bits per heavy atom. The number of rotatable bonds is 4. The molecular formula is C15H20N4. The van der Waals surface area contributed by atoms with Crippen molar-refractivity contribution in [1.29, 1.82) is 0 Å². The van der Waals surface area contributed by atoms with E-state index in [1.165, 1.54) is 23.1 Å². The lowest BCUT2D eigenvalue weighted by Crippen LogP contribution is -2.40. The van der Waals surface area contributed by atoms with E-state index < -0.39 is 0 Å². The van der Waals surface area contributed by atoms with Crippen LogP contribution < -0.4 is 11.3 Å². The molecule has 4 heteroatoms. The molecule has 0 spiro atoms. The highest BCUT2D eigenvalue weighted by Crippen LogP contribution is 2.36. The molecule has 19 heavy (non-hydrogen) atoms. The number of hydrogen-bond acceptors (Lipinski definition) is 3. The van der Waals surface area contributed by atoms with Crippen LogP contribution in [0.2, 0.25) is 0 Å². The molecule has 2 atom stereocenters. The lowest BCUT2D eigenvalue weighted by molar-refractivity contribution is 0.434. The molecule has 1 aromatic carbocycles. The number of aryl methyl sites for hydroxylation is 2. The summed E-state index contributed by atoms with van der Waals surface area (Å²) in [5, 5.41) is 4.22. The molecule has 0 saturated carbocycles. The van der Waals surface area contributed by atoms with Crippen LogP contribution in [0.1, 0.15) is 29.0 Å². The maximum Gasteiger partial charge on any atom is 0.0522 e. The van der Waals surface area contributed by atoms with Crippen molar-refractivity contribution in [2.75, 3.05) is 0 Å². The molecule has 2 aromatic rings. The zero-order chi connectivity index (χ0) is 13.2. The van der Waals surface area contributed by atoms with Crippen molar-refractivity contribution >= 4 is 0 Å². The van der Waals surface area contributed by atoms with Gasteiger partial charge in [-0.1, -0.05) is 24.3 Å². The highest BCUT2D eigenvalue weighted by atomic mass is 15.2. The Labute approximate surface area is 113 Å². The molecule has 1 aromatic heterocycles. The summed E-state index contributed by atoms with van der Waals surface area (Å²) >= 11 is 0. The van der Waals surface area contributed by atoms with Gasteiger partial charge < -0.3 is 0 Å². The lowest BCUT2D eigenvalue weighted by Gasteiger charge is -2.23. The van der Waals surface area contributed by atoms with Gasteiger partial charge in [-0.3, -0.25) is 16.0 Å². The molecule has 0 radical (unpaired) electrons. The topological polar surface area (TPSA) is 55.9 Å². The van der Waals surface area contributed by atoms with E-state index in [1.807, 2.05) is 17.9 Å². The van der Waals surface area contributed by atoms with Crippen molar-refractivity contribution in [3.63, 3.8) is 0 Å². The SMILES string of the molecule is Cn1cc(CC(NN)C2CCc3ccccc32)cn1. The van der Waals surface area contributed by atoms with Crippen molar-refractivity contribution < 1.29 is 0 Å². The van der Waals surface area contributed by atoms with Gasteiger partial charge in [-0.15, -0.1) is 0 Å². The van der Waals surface area contributed by atoms with Gasteiger partial charge in [-0.25, -0.2) is 0 Å². The predicted octanol–water partition coefficient (Wildman–Crippen LogP) is 1.52. The fraction of sp³-hybridized carbons (Fsp3) is 0.400. The summed E-state index contributed by atoms with van der Waals surface area (Å²) in [4.78, 5) is 0. The third kappa shape index (κ3) is 2.41. The molecule has 1 aliphatic carbocycles. The zero-order valence-electron chi connectivity index (χ0n) is 11.2. The molecule has 0 amide bonds. The number of fused-ring (bicyclic) bond motifs is 1. The van der Waals surface area contributed by atoms with Gasteiger partial charge in [0.25, 0.3) is 0 Å². The minimum Gasteiger partial charge on any atom is -0.276 e. The van der Waals surface area contributed by atoms with Crippen LogP contribution in [0.3, 0.4) is 0 Å². The van der Waals surface area contributed by atoms with Gasteiger partial charge in [0.15, 0.2) is 0 Å². The summed E-state index contributed by atoms with van der Waals surface area (Å²) in [5.74, 6) is 6.29. The number of nitrogens with two attached hydrogens (primary N) is 1. The fourth-order valence-electron chi connectivity index (χ4n) is 3.16. The second kappa shape index (κ2) is 5.15. The molecule has 100 valence electrons. The van der Waals surface area contributed by atoms with Crippen LogP contribution in [0.25, 0.3) is 0 Å². The fourth-order valence-corrected chi connectivity index (χ4v) is 3.16. The van der Waals surface area contributed by atoms with Crippen molar-refractivity contribution in [3.8, 4) is 0 Å². The first-order valence-corrected chi connectivity index (χ1v) is 6.79. The monoisotopic (exact) mass is 256 g/mol. The Bertz CT molecular complexity index is 561. The van der Waals surface area contributed by atoms with Crippen molar-refractivity contribution in [3.05, 3.63) is 53.3 Å². The molecule has 3 rings (SSSR count). The average molecular weight is 256 g/mol. The van der Waals surface area contributed by atoms with Crippen molar-refractivity contribution in [1.82, 2.24) is 15.2 Å². The maximum atomic E-state index is 5.79. The third-order valence-electron chi connectivity index (χ3n) is 4.09. The van der Waals surface area contributed by atoms with E-state index in [4.69, 9.17) is 5.84 Å². The maximum absolute atomic E-state index is 5.79. The smallest absolute Gasteiger partial charge is 0.0522 e. The summed E-state index contributed by atoms with van der Waals surface area (Å²) in [6.45, 7) is 0. The van der Waals surface area contributed by atoms with E-state index in [2.05, 4.69) is 41.0 Å². The molecular weight excluding hydrogens is 236 g/mol. The summed E-state index contributed by atoms with van der Waals surface area (Å²) in [5.41, 5.74) is 7.16. The van der Waals surface area contributed by atoms with E-state index >= 15 is 0 Å². The van der Waals surface area contributed by atoms with Crippen LogP contribution in [0, 0.1) is 0 Å². The number of hydrazine groups is 1. The van der Waals surface area contributed by atoms with E-state index in [-0.39, 0.29) is 6.04 Å². The molecule has 0 bridgehead atoms. The molecule has 4 nitrogen and oxygen atoms in total. The first-order valence-electron chi connectivity index (χ1n) is 6.79. The van der Waals surface area contributed by atoms with Crippen molar-refractivity contribution in [2.24, 2.45) is 12.9 Å². The quantitative estimate of drug-likeness (QED) is 0.644. The molecule has 0 aliphatic heterocycles. The summed E-state index contributed by atoms with van der Waals surface area (Å²) in [7, 11) is 1.94. The Balaban J connectivity index is 1.80. The molecule has 3 N–H and O–H groups in total. The highest BCUT2D eigenvalue weighted by Gasteiger charge is 2.29. The first kappa shape index (κ1) is 12.4. The summed E-state index contributed by atoms with van der Waals surface area (Å²) in [6.07, 6.45) is 7.24. The van der Waals surface area contributed by atoms with Gasteiger partial charge in [0.2, 0.25) is 0 Å². The van der Waals surface area contributed by atoms with Crippen LogP contribution in [0.5, 0.6) is 0 Å². The number of nitrogens with zero attached hydrogens (tertiary/aromatic N) is 2. The summed E-state index contributed by atoms with van der Waals surface area (Å²) < 4.78 is 1.84. The number of benzene rings is 1. The Kier molecular flexibility index (Phi) is 3.36. The van der Waals surface area contributed by atoms with E-state index in [0.29, 0.717) is 5.92 Å². The second-order valence-corrected chi connectivity index (χ2v) is 5.34. The Morgan fingerprint density at radius 1 is 1.47 bits per heavy atom. The number of nitrogens with one attached hydrogen (secondary N) is 1. The van der Waals surface area contributed by atoms with Crippen molar-refractivity contribution in [2.45, 2.75) is 31.2 Å². The van der Waals surface area contributed by atoms with Gasteiger partial charge in [-0.2, -0.15) is 5.10 Å². The Morgan fingerprint density at radius 3 is 3.05 bits per heavy atom. The first-order chi connectivity index (χ1) is 9.28. The van der Waals surface area contributed by atoms with Gasteiger partial charge in [0.1, 0.15) is 0 Å². The van der Waals surface area contributed by atoms with Crippen LogP contribution in [-0.2, 0) is 19.9 Å². The minimum atomic E-state index is 0.271. The lowest BCUT2D eigenvalue weighted by atomic mass is 9.90. The number of aromatic nitrogens is 2. The van der Waals surface area contributed by atoms with E-state index in [0.717, 1.165) is 12.8 Å². The standard InChI is InChI=1S/C15H20N4/c1-19-10-11(9-17-19)8-15(18-16)14-7-6-12-4-2-3-5-13(12)14/h2-5,9-10,14-15,18H,6-8,16H2,1H3. The molecule has 1 aliphatic rings. The van der Waals surface area contributed by atoms with Gasteiger partial charge in [0, 0.05) is 25.2 Å². The van der Waals surface area contributed by atoms with E-state index in [9.17, 15) is 0 Å². The van der Waals surface area contributed by atoms with Crippen LogP contribution in [0.4, 0.5) is 0 Å². The second-order valence-electron chi connectivity index (χ2n) is 5.34. The van der Waals surface area contributed by atoms with E-state index in [1.54, 1.807) is 0 Å². The summed E-state index contributed by atoms with van der Waals surface area (Å²) in [6, 6.07) is 8.98. The van der Waals surface area contributed by atoms with Crippen LogP contribution in [0.15, 0.2) is 36.7 Å². The predicted molar refractivity (Wildman–Crippen MR) is 75.5 cm³/mol. The number of hydrogen-bond donors (Lipinski definition) is 2. The van der Waals surface area contributed by atoms with Crippen LogP contribution >= 0.6 is 0 Å². The normalized spacial score (nSPS) is 19.4. The molecule has 1 heterocycles. The highest BCUT2D eigenvalue weighted by molar-refractivity contribution is 5.36. The van der Waals surface area contributed by atoms with Gasteiger partial charge in [-0.05, 0) is 36.0 Å². The Hall–Kier alpha value is -1.65. The third-order valence-corrected chi connectivity index (χ3v) is 4.09. The average Bonchev–Trinajstić information content (AvgIpc) is 3.02. The molecule has 0 saturated heterocycles. The van der Waals surface area contributed by atoms with Gasteiger partial charge in [0.05, 0.1) is 6.20 Å². The largest absolute Gasteiger partial charge is 0.276 e. The van der Waals surface area contributed by atoms with Gasteiger partial charge >= 0.3 is 0 Å². The zero-order valence-corrected chi connectivity index (χ0v) is 11.2. The molecule has 0 fully saturated rings. The van der Waals surface area contributed by atoms with Crippen LogP contribution in [-0.4, -0.2) is 15.8 Å². The molecule has 2 unspecified atom stereocenters. The minimum absolute atomic E-state index is 0.271.